The number of carboxylic acids is 1. The topological polar surface area (TPSA) is 104 Å². The number of benzene rings is 2. The first-order chi connectivity index (χ1) is 16.4. The van der Waals surface area contributed by atoms with Gasteiger partial charge in [-0.15, -0.1) is 0 Å². The molecule has 2 unspecified atom stereocenters. The van der Waals surface area contributed by atoms with E-state index in [-0.39, 0.29) is 46.8 Å². The summed E-state index contributed by atoms with van der Waals surface area (Å²) in [5.41, 5.74) is 1.18. The Morgan fingerprint density at radius 1 is 1.11 bits per heavy atom. The second-order valence-corrected chi connectivity index (χ2v) is 11.3. The molecular weight excluding hydrogens is 499 g/mol. The summed E-state index contributed by atoms with van der Waals surface area (Å²) in [5.74, 6) is -3.42. The molecule has 1 aliphatic rings. The largest absolute Gasteiger partial charge is 0.483 e. The van der Waals surface area contributed by atoms with Crippen LogP contribution in [0.1, 0.15) is 25.0 Å². The molecule has 190 valence electrons. The van der Waals surface area contributed by atoms with E-state index in [0.29, 0.717) is 19.6 Å². The number of nitrogens with zero attached hydrogens (tertiary/aromatic N) is 2. The third-order valence-corrected chi connectivity index (χ3v) is 7.50. The second kappa shape index (κ2) is 11.4. The molecule has 1 saturated heterocycles. The van der Waals surface area contributed by atoms with Crippen LogP contribution in [0, 0.1) is 5.82 Å². The molecule has 11 heteroatoms. The number of ether oxygens (including phenoxy) is 1. The van der Waals surface area contributed by atoms with E-state index in [4.69, 9.17) is 21.4 Å². The number of carbonyl (C=O) groups excluding carboxylic acids is 1. The molecule has 2 aromatic carbocycles. The predicted octanol–water partition coefficient (Wildman–Crippen LogP) is 2.98. The van der Waals surface area contributed by atoms with Crippen LogP contribution in [-0.4, -0.2) is 72.7 Å². The lowest BCUT2D eigenvalue weighted by molar-refractivity contribution is -0.139. The molecule has 1 amide bonds. The molecule has 0 aromatic heterocycles. The maximum atomic E-state index is 13.2. The highest BCUT2D eigenvalue weighted by atomic mass is 35.5. The van der Waals surface area contributed by atoms with E-state index in [1.807, 2.05) is 13.8 Å². The quantitative estimate of drug-likeness (QED) is 0.535. The average Bonchev–Trinajstić information content (AvgIpc) is 2.75. The number of hydrogen-bond donors (Lipinski definition) is 1. The summed E-state index contributed by atoms with van der Waals surface area (Å²) in [4.78, 5) is 27.7. The number of halogens is 2. The van der Waals surface area contributed by atoms with Crippen molar-refractivity contribution in [2.45, 2.75) is 38.2 Å². The lowest BCUT2D eigenvalue weighted by Gasteiger charge is -2.44. The van der Waals surface area contributed by atoms with Gasteiger partial charge in [-0.3, -0.25) is 14.5 Å². The first kappa shape index (κ1) is 26.9. The third kappa shape index (κ3) is 7.65. The van der Waals surface area contributed by atoms with Gasteiger partial charge in [-0.2, -0.15) is 0 Å². The number of hydrogen-bond acceptors (Lipinski definition) is 6. The highest BCUT2D eigenvalue weighted by molar-refractivity contribution is 7.91. The average molecular weight is 527 g/mol. The van der Waals surface area contributed by atoms with E-state index in [1.165, 1.54) is 30.3 Å². The maximum Gasteiger partial charge on any atom is 0.318 e. The van der Waals surface area contributed by atoms with Crippen LogP contribution >= 0.6 is 11.6 Å². The molecule has 1 heterocycles. The van der Waals surface area contributed by atoms with Gasteiger partial charge in [-0.1, -0.05) is 23.7 Å². The molecule has 8 nitrogen and oxygen atoms in total. The van der Waals surface area contributed by atoms with Crippen molar-refractivity contribution < 1.29 is 32.2 Å². The Labute approximate surface area is 209 Å². The summed E-state index contributed by atoms with van der Waals surface area (Å²) in [6.07, 6.45) is 0. The van der Waals surface area contributed by atoms with Crippen molar-refractivity contribution in [1.82, 2.24) is 9.80 Å². The first-order valence-electron chi connectivity index (χ1n) is 11.0. The number of sulfone groups is 1. The fraction of sp³-hybridized carbons (Fsp3) is 0.417. The Balaban J connectivity index is 1.62. The Hall–Kier alpha value is -2.69. The minimum Gasteiger partial charge on any atom is -0.483 e. The van der Waals surface area contributed by atoms with Gasteiger partial charge in [0.25, 0.3) is 5.91 Å². The molecule has 1 N–H and O–H groups in total. The van der Waals surface area contributed by atoms with Gasteiger partial charge in [0.1, 0.15) is 17.3 Å². The molecule has 0 spiro atoms. The standard InChI is InChI=1S/C24H28ClFN2O6S/c1-16-11-28(17(2)10-27(16)12-18-3-6-21(26)7-4-18)23(29)13-34-22-8-5-20(25)9-19(22)14-35(32,33)15-24(30)31/h3-9,16-17H,10-15H2,1-2H3,(H,30,31). The van der Waals surface area contributed by atoms with Gasteiger partial charge in [0.05, 0.1) is 5.75 Å². The molecule has 2 atom stereocenters. The third-order valence-electron chi connectivity index (χ3n) is 5.83. The summed E-state index contributed by atoms with van der Waals surface area (Å²) in [6, 6.07) is 10.7. The van der Waals surface area contributed by atoms with Crippen molar-refractivity contribution in [2.24, 2.45) is 0 Å². The Kier molecular flexibility index (Phi) is 8.74. The molecule has 35 heavy (non-hydrogen) atoms. The zero-order valence-corrected chi connectivity index (χ0v) is 21.1. The zero-order valence-electron chi connectivity index (χ0n) is 19.5. The summed E-state index contributed by atoms with van der Waals surface area (Å²) in [6.45, 7) is 5.40. The molecular formula is C24H28ClFN2O6S. The van der Waals surface area contributed by atoms with Gasteiger partial charge in [-0.05, 0) is 49.7 Å². The van der Waals surface area contributed by atoms with Crippen LogP contribution in [0.5, 0.6) is 5.75 Å². The van der Waals surface area contributed by atoms with Gasteiger partial charge in [0.15, 0.2) is 16.4 Å². The lowest BCUT2D eigenvalue weighted by Crippen LogP contribution is -2.58. The fourth-order valence-electron chi connectivity index (χ4n) is 4.09. The molecule has 0 bridgehead atoms. The number of aliphatic carboxylic acids is 1. The Morgan fingerprint density at radius 3 is 2.46 bits per heavy atom. The molecule has 1 fully saturated rings. The molecule has 3 rings (SSSR count). The van der Waals surface area contributed by atoms with E-state index in [1.54, 1.807) is 17.0 Å². The number of rotatable bonds is 9. The van der Waals surface area contributed by atoms with E-state index in [0.717, 1.165) is 5.56 Å². The molecule has 1 aliphatic heterocycles. The van der Waals surface area contributed by atoms with Crippen LogP contribution in [-0.2, 0) is 31.7 Å². The maximum absolute atomic E-state index is 13.2. The highest BCUT2D eigenvalue weighted by Gasteiger charge is 2.32. The first-order valence-corrected chi connectivity index (χ1v) is 13.2. The van der Waals surface area contributed by atoms with Crippen LogP contribution in [0.4, 0.5) is 4.39 Å². The number of carboxylic acid groups (broad SMARTS) is 1. The minimum atomic E-state index is -3.94. The number of carbonyl (C=O) groups is 2. The highest BCUT2D eigenvalue weighted by Crippen LogP contribution is 2.26. The van der Waals surface area contributed by atoms with Gasteiger partial charge in [-0.25, -0.2) is 12.8 Å². The van der Waals surface area contributed by atoms with E-state index >= 15 is 0 Å². The molecule has 0 radical (unpaired) electrons. The van der Waals surface area contributed by atoms with Crippen molar-refractivity contribution in [2.75, 3.05) is 25.4 Å². The van der Waals surface area contributed by atoms with Gasteiger partial charge >= 0.3 is 5.97 Å². The van der Waals surface area contributed by atoms with Crippen molar-refractivity contribution in [1.29, 1.82) is 0 Å². The number of piperazine rings is 1. The van der Waals surface area contributed by atoms with Gasteiger partial charge in [0, 0.05) is 42.3 Å². The van der Waals surface area contributed by atoms with Gasteiger partial charge in [0.2, 0.25) is 0 Å². The van der Waals surface area contributed by atoms with Crippen molar-refractivity contribution in [3.05, 3.63) is 64.4 Å². The second-order valence-electron chi connectivity index (χ2n) is 8.77. The monoisotopic (exact) mass is 526 g/mol. The van der Waals surface area contributed by atoms with Crippen molar-refractivity contribution in [3.63, 3.8) is 0 Å². The molecule has 2 aromatic rings. The number of amides is 1. The van der Waals surface area contributed by atoms with E-state index in [2.05, 4.69) is 4.90 Å². The van der Waals surface area contributed by atoms with Crippen LogP contribution in [0.25, 0.3) is 0 Å². The molecule has 0 aliphatic carbocycles. The fourth-order valence-corrected chi connectivity index (χ4v) is 5.46. The SMILES string of the molecule is CC1CN(C(=O)COc2ccc(Cl)cc2CS(=O)(=O)CC(=O)O)C(C)CN1Cc1ccc(F)cc1. The summed E-state index contributed by atoms with van der Waals surface area (Å²) in [7, 11) is -3.94. The normalized spacial score (nSPS) is 18.9. The summed E-state index contributed by atoms with van der Waals surface area (Å²) in [5, 5.41) is 9.09. The molecule has 0 saturated carbocycles. The van der Waals surface area contributed by atoms with E-state index in [9.17, 15) is 22.4 Å². The van der Waals surface area contributed by atoms with Crippen molar-refractivity contribution >= 4 is 33.3 Å². The minimum absolute atomic E-state index is 0.0625. The van der Waals surface area contributed by atoms with Crippen molar-refractivity contribution in [3.8, 4) is 5.75 Å². The lowest BCUT2D eigenvalue weighted by atomic mass is 10.1. The summed E-state index contributed by atoms with van der Waals surface area (Å²) >= 11 is 5.99. The van der Waals surface area contributed by atoms with Crippen LogP contribution in [0.2, 0.25) is 5.02 Å². The predicted molar refractivity (Wildman–Crippen MR) is 130 cm³/mol. The zero-order chi connectivity index (χ0) is 25.8. The smallest absolute Gasteiger partial charge is 0.318 e. The Bertz CT molecular complexity index is 1180. The summed E-state index contributed by atoms with van der Waals surface area (Å²) < 4.78 is 43.1. The Morgan fingerprint density at radius 2 is 1.80 bits per heavy atom. The van der Waals surface area contributed by atoms with Crippen LogP contribution < -0.4 is 4.74 Å². The van der Waals surface area contributed by atoms with E-state index < -0.39 is 27.3 Å². The van der Waals surface area contributed by atoms with Crippen LogP contribution in [0.3, 0.4) is 0 Å². The van der Waals surface area contributed by atoms with Gasteiger partial charge < -0.3 is 14.7 Å². The van der Waals surface area contributed by atoms with Crippen LogP contribution in [0.15, 0.2) is 42.5 Å².